The van der Waals surface area contributed by atoms with Crippen molar-refractivity contribution >= 4 is 81.3 Å². The number of hydrogen-bond donors (Lipinski definition) is 0. The molecule has 0 radical (unpaired) electrons. The molecule has 2 nitrogen and oxygen atoms in total. The molecule has 9 aromatic carbocycles. The second-order valence-electron chi connectivity index (χ2n) is 14.0. The van der Waals surface area contributed by atoms with Gasteiger partial charge in [-0.2, -0.15) is 0 Å². The minimum Gasteiger partial charge on any atom is -0.455 e. The third-order valence-corrected chi connectivity index (χ3v) is 12.1. The van der Waals surface area contributed by atoms with E-state index in [-0.39, 0.29) is 0 Å². The molecular weight excluding hydrogens is 687 g/mol. The van der Waals surface area contributed by atoms with Gasteiger partial charge in [-0.15, -0.1) is 11.3 Å². The van der Waals surface area contributed by atoms with Crippen LogP contribution >= 0.6 is 11.3 Å². The van der Waals surface area contributed by atoms with Gasteiger partial charge in [0.2, 0.25) is 0 Å². The maximum Gasteiger partial charge on any atom is 0.143 e. The predicted octanol–water partition coefficient (Wildman–Crippen LogP) is 15.6. The van der Waals surface area contributed by atoms with Crippen molar-refractivity contribution in [1.29, 1.82) is 0 Å². The predicted molar refractivity (Wildman–Crippen MR) is 235 cm³/mol. The first-order chi connectivity index (χ1) is 27.3. The van der Waals surface area contributed by atoms with E-state index in [1.54, 1.807) is 0 Å². The van der Waals surface area contributed by atoms with Crippen LogP contribution in [-0.2, 0) is 0 Å². The molecule has 2 aromatic heterocycles. The average molecular weight is 720 g/mol. The fraction of sp³-hybridized carbons (Fsp3) is 0. The molecule has 0 bridgehead atoms. The van der Waals surface area contributed by atoms with E-state index in [9.17, 15) is 0 Å². The molecule has 0 saturated carbocycles. The molecule has 2 heterocycles. The van der Waals surface area contributed by atoms with Crippen LogP contribution in [0.15, 0.2) is 205 Å². The molecular formula is C52H33NOS. The fourth-order valence-electron chi connectivity index (χ4n) is 8.30. The normalized spacial score (nSPS) is 11.6. The molecule has 0 amide bonds. The summed E-state index contributed by atoms with van der Waals surface area (Å²) < 4.78 is 9.68. The monoisotopic (exact) mass is 719 g/mol. The van der Waals surface area contributed by atoms with Gasteiger partial charge in [0.25, 0.3) is 0 Å². The van der Waals surface area contributed by atoms with Gasteiger partial charge in [0, 0.05) is 65.1 Å². The average Bonchev–Trinajstić information content (AvgIpc) is 3.82. The molecule has 0 fully saturated rings. The zero-order chi connectivity index (χ0) is 36.3. The quantitative estimate of drug-likeness (QED) is 0.170. The van der Waals surface area contributed by atoms with E-state index in [0.29, 0.717) is 0 Å². The molecule has 0 spiro atoms. The van der Waals surface area contributed by atoms with Gasteiger partial charge in [0.05, 0.1) is 5.69 Å². The molecule has 11 rings (SSSR count). The van der Waals surface area contributed by atoms with Crippen LogP contribution in [0.2, 0.25) is 0 Å². The lowest BCUT2D eigenvalue weighted by atomic mass is 9.94. The Morgan fingerprint density at radius 3 is 1.87 bits per heavy atom. The van der Waals surface area contributed by atoms with Crippen LogP contribution < -0.4 is 4.90 Å². The minimum atomic E-state index is 0.857. The van der Waals surface area contributed by atoms with Gasteiger partial charge in [0.1, 0.15) is 11.2 Å². The van der Waals surface area contributed by atoms with Crippen LogP contribution in [0.3, 0.4) is 0 Å². The highest BCUT2D eigenvalue weighted by molar-refractivity contribution is 7.26. The smallest absolute Gasteiger partial charge is 0.143 e. The summed E-state index contributed by atoms with van der Waals surface area (Å²) >= 11 is 1.86. The third-order valence-electron chi connectivity index (χ3n) is 10.9. The topological polar surface area (TPSA) is 16.4 Å². The van der Waals surface area contributed by atoms with E-state index < -0.39 is 0 Å². The maximum absolute atomic E-state index is 7.10. The largest absolute Gasteiger partial charge is 0.455 e. The molecule has 3 heteroatoms. The van der Waals surface area contributed by atoms with Gasteiger partial charge < -0.3 is 9.32 Å². The molecule has 0 saturated heterocycles. The van der Waals surface area contributed by atoms with Gasteiger partial charge in [-0.3, -0.25) is 0 Å². The lowest BCUT2D eigenvalue weighted by molar-refractivity contribution is 0.670. The number of thiophene rings is 1. The van der Waals surface area contributed by atoms with Crippen molar-refractivity contribution < 1.29 is 4.42 Å². The van der Waals surface area contributed by atoms with Crippen LogP contribution in [-0.4, -0.2) is 0 Å². The number of rotatable bonds is 6. The lowest BCUT2D eigenvalue weighted by Crippen LogP contribution is -2.11. The first-order valence-corrected chi connectivity index (χ1v) is 19.5. The molecule has 11 aromatic rings. The Balaban J connectivity index is 1.14. The van der Waals surface area contributed by atoms with Crippen molar-refractivity contribution in [3.05, 3.63) is 200 Å². The summed E-state index contributed by atoms with van der Waals surface area (Å²) in [5.74, 6) is 0. The Morgan fingerprint density at radius 2 is 1.04 bits per heavy atom. The Hall–Kier alpha value is -6.94. The van der Waals surface area contributed by atoms with Gasteiger partial charge in [-0.1, -0.05) is 152 Å². The Labute approximate surface area is 322 Å². The van der Waals surface area contributed by atoms with Crippen LogP contribution in [0.1, 0.15) is 0 Å². The molecule has 0 N–H and O–H groups in total. The Bertz CT molecular complexity index is 3190. The van der Waals surface area contributed by atoms with Crippen molar-refractivity contribution in [2.75, 3.05) is 4.90 Å². The van der Waals surface area contributed by atoms with Crippen LogP contribution in [0, 0.1) is 0 Å². The van der Waals surface area contributed by atoms with Crippen molar-refractivity contribution in [3.63, 3.8) is 0 Å². The van der Waals surface area contributed by atoms with Crippen LogP contribution in [0.25, 0.3) is 86.3 Å². The summed E-state index contributed by atoms with van der Waals surface area (Å²) in [6.45, 7) is 0. The van der Waals surface area contributed by atoms with Crippen molar-refractivity contribution in [2.24, 2.45) is 0 Å². The Kier molecular flexibility index (Phi) is 7.39. The van der Waals surface area contributed by atoms with Gasteiger partial charge in [-0.05, 0) is 69.9 Å². The highest BCUT2D eigenvalue weighted by atomic mass is 32.1. The lowest BCUT2D eigenvalue weighted by Gasteiger charge is -2.28. The van der Waals surface area contributed by atoms with E-state index in [1.807, 2.05) is 11.3 Å². The van der Waals surface area contributed by atoms with Crippen LogP contribution in [0.4, 0.5) is 17.1 Å². The highest BCUT2D eigenvalue weighted by Gasteiger charge is 2.22. The fourth-order valence-corrected chi connectivity index (χ4v) is 9.53. The van der Waals surface area contributed by atoms with Crippen molar-refractivity contribution in [1.82, 2.24) is 0 Å². The Morgan fingerprint density at radius 1 is 0.400 bits per heavy atom. The molecule has 0 unspecified atom stereocenters. The SMILES string of the molecule is c1ccc(-c2ccc(N(c3ccc4c(c3)oc3c(-c5cccc6c5sc5ccccc56)c5ccccc5cc34)c3ccccc3-c3ccccc3)cc2)cc1. The van der Waals surface area contributed by atoms with Gasteiger partial charge in [0.15, 0.2) is 0 Å². The van der Waals surface area contributed by atoms with Crippen molar-refractivity contribution in [3.8, 4) is 33.4 Å². The number of benzene rings is 9. The van der Waals surface area contributed by atoms with Crippen molar-refractivity contribution in [2.45, 2.75) is 0 Å². The molecule has 0 atom stereocenters. The molecule has 0 aliphatic heterocycles. The molecule has 0 aliphatic carbocycles. The summed E-state index contributed by atoms with van der Waals surface area (Å²) in [6.07, 6.45) is 0. The summed E-state index contributed by atoms with van der Waals surface area (Å²) in [6, 6.07) is 71.9. The van der Waals surface area contributed by atoms with E-state index >= 15 is 0 Å². The summed E-state index contributed by atoms with van der Waals surface area (Å²) in [5.41, 5.74) is 12.0. The second kappa shape index (κ2) is 12.9. The van der Waals surface area contributed by atoms with E-state index in [2.05, 4.69) is 205 Å². The number of nitrogens with zero attached hydrogens (tertiary/aromatic N) is 1. The molecule has 55 heavy (non-hydrogen) atoms. The highest BCUT2D eigenvalue weighted by Crippen LogP contribution is 2.48. The maximum atomic E-state index is 7.10. The number of fused-ring (bicyclic) bond motifs is 7. The zero-order valence-corrected chi connectivity index (χ0v) is 30.6. The van der Waals surface area contributed by atoms with Gasteiger partial charge in [-0.25, -0.2) is 0 Å². The number of furan rings is 1. The number of anilines is 3. The zero-order valence-electron chi connectivity index (χ0n) is 29.8. The third kappa shape index (κ3) is 5.24. The summed E-state index contributed by atoms with van der Waals surface area (Å²) in [7, 11) is 0. The second-order valence-corrected chi connectivity index (χ2v) is 15.1. The van der Waals surface area contributed by atoms with Crippen LogP contribution in [0.5, 0.6) is 0 Å². The standard InChI is InChI=1S/C52H33NOS/c1-3-14-34(15-4-1)35-26-28-38(29-27-35)53(47-24-11-9-19-40(47)36-16-5-2-6-17-36)39-30-31-42-46-32-37-18-7-8-20-41(37)50(51(46)54-48(42)33-39)45-23-13-22-44-43-21-10-12-25-49(43)55-52(44)45/h1-33H. The minimum absolute atomic E-state index is 0.857. The van der Waals surface area contributed by atoms with E-state index in [0.717, 1.165) is 50.1 Å². The van der Waals surface area contributed by atoms with E-state index in [4.69, 9.17) is 4.42 Å². The van der Waals surface area contributed by atoms with E-state index in [1.165, 1.54) is 53.2 Å². The number of hydrogen-bond acceptors (Lipinski definition) is 3. The molecule has 0 aliphatic rings. The number of para-hydroxylation sites is 1. The molecule has 258 valence electrons. The summed E-state index contributed by atoms with van der Waals surface area (Å²) in [4.78, 5) is 2.36. The van der Waals surface area contributed by atoms with Gasteiger partial charge >= 0.3 is 0 Å². The first-order valence-electron chi connectivity index (χ1n) is 18.7. The summed E-state index contributed by atoms with van der Waals surface area (Å²) in [5, 5.41) is 7.19. The first kappa shape index (κ1) is 31.6.